The number of hydrogen-bond acceptors (Lipinski definition) is 6. The Morgan fingerprint density at radius 1 is 0.580 bits per heavy atom. The zero-order valence-electron chi connectivity index (χ0n) is 30.3. The highest BCUT2D eigenvalue weighted by molar-refractivity contribution is 5.62. The van der Waals surface area contributed by atoms with Crippen LogP contribution in [0.3, 0.4) is 0 Å². The van der Waals surface area contributed by atoms with Gasteiger partial charge in [-0.25, -0.2) is 0 Å². The first-order valence-corrected chi connectivity index (χ1v) is 16.8. The van der Waals surface area contributed by atoms with Crippen LogP contribution in [0.5, 0.6) is 46.0 Å². The lowest BCUT2D eigenvalue weighted by Crippen LogP contribution is -3.00. The summed E-state index contributed by atoms with van der Waals surface area (Å²) in [5.41, 5.74) is 7.34. The molecule has 2 atom stereocenters. The minimum atomic E-state index is 0. The standard InChI is InChI=1S/C40H48N2O6.2HI/c1-41(2)17-15-27-22-34(44-6)36-24-30(27)31(41)19-25-9-12-29(13-10-25)47-40-38-28(23-37(45-7)39(40)46-8)16-18-42(3,4)32(38)20-26-11-14-33(43-5)35(21-26)48-36;;/h9-14,21-24,31-32H,15-20H2,1-8H3;2*1H/q+2;;/p-2. The summed E-state index contributed by atoms with van der Waals surface area (Å²) in [5.74, 6) is 5.54. The molecule has 8 nitrogen and oxygen atoms in total. The van der Waals surface area contributed by atoms with Crippen LogP contribution in [0.25, 0.3) is 0 Å². The van der Waals surface area contributed by atoms with Gasteiger partial charge in [-0.2, -0.15) is 0 Å². The summed E-state index contributed by atoms with van der Waals surface area (Å²) in [6.45, 7) is 2.01. The fraction of sp³-hybridized carbons (Fsp3) is 0.400. The number of quaternary nitrogens is 2. The van der Waals surface area contributed by atoms with Crippen molar-refractivity contribution in [1.29, 1.82) is 0 Å². The number of halogens is 2. The van der Waals surface area contributed by atoms with Gasteiger partial charge in [-0.05, 0) is 64.7 Å². The molecule has 0 amide bonds. The maximum Gasteiger partial charge on any atom is 0.204 e. The third-order valence-electron chi connectivity index (χ3n) is 10.9. The number of nitrogens with zero attached hydrogens (tertiary/aromatic N) is 2. The fourth-order valence-corrected chi connectivity index (χ4v) is 7.95. The van der Waals surface area contributed by atoms with Crippen molar-refractivity contribution in [3.8, 4) is 46.0 Å². The van der Waals surface area contributed by atoms with Crippen molar-refractivity contribution in [3.63, 3.8) is 0 Å². The molecule has 0 aliphatic carbocycles. The van der Waals surface area contributed by atoms with Crippen molar-refractivity contribution in [2.24, 2.45) is 0 Å². The van der Waals surface area contributed by atoms with E-state index in [1.165, 1.54) is 22.3 Å². The molecule has 4 heterocycles. The summed E-state index contributed by atoms with van der Waals surface area (Å²) in [4.78, 5) is 0. The largest absolute Gasteiger partial charge is 1.00 e. The Morgan fingerprint density at radius 2 is 1.16 bits per heavy atom. The lowest BCUT2D eigenvalue weighted by Gasteiger charge is -2.43. The van der Waals surface area contributed by atoms with Crippen LogP contribution in [-0.4, -0.2) is 78.7 Å². The third-order valence-corrected chi connectivity index (χ3v) is 10.9. The highest BCUT2D eigenvalue weighted by atomic mass is 127. The van der Waals surface area contributed by atoms with Gasteiger partial charge in [0.2, 0.25) is 5.75 Å². The maximum atomic E-state index is 6.86. The molecular weight excluding hydrogens is 858 g/mol. The average Bonchev–Trinajstić information content (AvgIpc) is 3.07. The molecule has 0 saturated carbocycles. The van der Waals surface area contributed by atoms with Crippen molar-refractivity contribution < 1.29 is 85.3 Å². The van der Waals surface area contributed by atoms with Crippen molar-refractivity contribution in [2.45, 2.75) is 37.8 Å². The number of rotatable bonds is 4. The minimum Gasteiger partial charge on any atom is -1.00 e. The molecule has 0 saturated heterocycles. The molecule has 10 heteroatoms. The molecular formula is C40H48I2N2O6. The van der Waals surface area contributed by atoms with Crippen LogP contribution in [0.1, 0.15) is 45.5 Å². The van der Waals surface area contributed by atoms with Crippen LogP contribution in [0.2, 0.25) is 0 Å². The molecule has 50 heavy (non-hydrogen) atoms. The van der Waals surface area contributed by atoms with E-state index in [-0.39, 0.29) is 60.0 Å². The summed E-state index contributed by atoms with van der Waals surface area (Å²) in [7, 11) is 16.0. The second kappa shape index (κ2) is 15.0. The van der Waals surface area contributed by atoms with Crippen LogP contribution in [0.15, 0.2) is 60.7 Å². The van der Waals surface area contributed by atoms with Crippen molar-refractivity contribution >= 4 is 0 Å². The van der Waals surface area contributed by atoms with E-state index in [4.69, 9.17) is 28.4 Å². The van der Waals surface area contributed by atoms with E-state index in [1.807, 2.05) is 6.07 Å². The molecule has 6 bridgehead atoms. The van der Waals surface area contributed by atoms with Gasteiger partial charge in [-0.1, -0.05) is 18.2 Å². The second-order valence-electron chi connectivity index (χ2n) is 14.5. The van der Waals surface area contributed by atoms with E-state index >= 15 is 0 Å². The lowest BCUT2D eigenvalue weighted by molar-refractivity contribution is -0.923. The van der Waals surface area contributed by atoms with Gasteiger partial charge >= 0.3 is 0 Å². The Labute approximate surface area is 330 Å². The molecule has 8 rings (SSSR count). The summed E-state index contributed by atoms with van der Waals surface area (Å²) >= 11 is 0. The number of likely N-dealkylation sites (N-methyl/N-ethyl adjacent to an activating group) is 2. The van der Waals surface area contributed by atoms with Gasteiger partial charge in [0.25, 0.3) is 0 Å². The van der Waals surface area contributed by atoms with E-state index in [2.05, 4.69) is 82.8 Å². The summed E-state index contributed by atoms with van der Waals surface area (Å²) in [6.07, 6.45) is 3.50. The summed E-state index contributed by atoms with van der Waals surface area (Å²) in [6, 6.07) is 21.6. The van der Waals surface area contributed by atoms with Gasteiger partial charge in [0.15, 0.2) is 34.5 Å². The Balaban J connectivity index is 0.00000243. The smallest absolute Gasteiger partial charge is 0.204 e. The van der Waals surface area contributed by atoms with Crippen LogP contribution in [-0.2, 0) is 25.7 Å². The number of fused-ring (bicyclic) bond motifs is 2. The SMILES string of the molecule is COc1ccc2cc1Oc1cc3c(cc1OC)CC[N+](C)(C)C3Cc1ccc(cc1)Oc1c(OC)c(OC)cc3c1C(C2)[N+](C)(C)CC3.[I-].[I-]. The number of ether oxygens (including phenoxy) is 6. The Morgan fingerprint density at radius 3 is 1.82 bits per heavy atom. The van der Waals surface area contributed by atoms with E-state index in [1.54, 1.807) is 28.4 Å². The molecule has 268 valence electrons. The van der Waals surface area contributed by atoms with Gasteiger partial charge in [0.05, 0.1) is 75.3 Å². The Hall–Kier alpha value is -2.94. The number of hydrogen-bond donors (Lipinski definition) is 0. The van der Waals surface area contributed by atoms with Gasteiger partial charge in [0, 0.05) is 31.2 Å². The van der Waals surface area contributed by atoms with Crippen LogP contribution in [0.4, 0.5) is 0 Å². The molecule has 4 aliphatic heterocycles. The molecule has 2 unspecified atom stereocenters. The van der Waals surface area contributed by atoms with Gasteiger partial charge < -0.3 is 85.3 Å². The van der Waals surface area contributed by atoms with Gasteiger partial charge in [-0.3, -0.25) is 0 Å². The Kier molecular flexibility index (Phi) is 11.5. The van der Waals surface area contributed by atoms with Crippen molar-refractivity contribution in [3.05, 3.63) is 94.0 Å². The van der Waals surface area contributed by atoms with E-state index < -0.39 is 0 Å². The molecule has 0 radical (unpaired) electrons. The highest BCUT2D eigenvalue weighted by Gasteiger charge is 2.41. The van der Waals surface area contributed by atoms with Crippen LogP contribution in [0, 0.1) is 0 Å². The van der Waals surface area contributed by atoms with Crippen LogP contribution < -0.4 is 76.4 Å². The van der Waals surface area contributed by atoms with Crippen molar-refractivity contribution in [2.75, 3.05) is 69.7 Å². The normalized spacial score (nSPS) is 19.4. The number of methoxy groups -OCH3 is 4. The first kappa shape index (κ1) is 38.3. The molecule has 0 spiro atoms. The van der Waals surface area contributed by atoms with E-state index in [0.717, 1.165) is 76.1 Å². The zero-order valence-corrected chi connectivity index (χ0v) is 34.6. The predicted molar refractivity (Wildman–Crippen MR) is 186 cm³/mol. The second-order valence-corrected chi connectivity index (χ2v) is 14.5. The first-order chi connectivity index (χ1) is 23.0. The fourth-order valence-electron chi connectivity index (χ4n) is 7.95. The molecule has 0 fully saturated rings. The quantitative estimate of drug-likeness (QED) is 0.229. The molecule has 4 aromatic carbocycles. The summed E-state index contributed by atoms with van der Waals surface area (Å²) < 4.78 is 39.0. The topological polar surface area (TPSA) is 55.4 Å². The first-order valence-electron chi connectivity index (χ1n) is 16.8. The third kappa shape index (κ3) is 6.97. The maximum absolute atomic E-state index is 6.86. The highest BCUT2D eigenvalue weighted by Crippen LogP contribution is 2.52. The molecule has 4 aromatic rings. The monoisotopic (exact) mass is 906 g/mol. The minimum absolute atomic E-state index is 0. The predicted octanol–water partition coefficient (Wildman–Crippen LogP) is 1.46. The summed E-state index contributed by atoms with van der Waals surface area (Å²) in [5, 5.41) is 0. The van der Waals surface area contributed by atoms with Crippen LogP contribution >= 0.6 is 0 Å². The number of benzene rings is 4. The van der Waals surface area contributed by atoms with Crippen molar-refractivity contribution in [1.82, 2.24) is 0 Å². The van der Waals surface area contributed by atoms with E-state index in [0.29, 0.717) is 28.7 Å². The van der Waals surface area contributed by atoms with Gasteiger partial charge in [-0.15, -0.1) is 0 Å². The molecule has 0 N–H and O–H groups in total. The van der Waals surface area contributed by atoms with E-state index in [9.17, 15) is 0 Å². The molecule has 4 aliphatic rings. The Bertz CT molecular complexity index is 1860. The lowest BCUT2D eigenvalue weighted by atomic mass is 9.85. The zero-order chi connectivity index (χ0) is 33.8. The molecule has 0 aromatic heterocycles. The average molecular weight is 907 g/mol. The van der Waals surface area contributed by atoms with Gasteiger partial charge in [0.1, 0.15) is 17.8 Å².